The number of hydrogen-bond donors (Lipinski definition) is 3. The van der Waals surface area contributed by atoms with Gasteiger partial charge in [0.1, 0.15) is 5.75 Å². The Morgan fingerprint density at radius 2 is 1.78 bits per heavy atom. The van der Waals surface area contributed by atoms with Crippen molar-refractivity contribution in [1.82, 2.24) is 14.9 Å². The summed E-state index contributed by atoms with van der Waals surface area (Å²) in [4.78, 5) is 24.3. The topological polar surface area (TPSA) is 125 Å². The monoisotopic (exact) mass is 531 g/mol. The third-order valence-electron chi connectivity index (χ3n) is 6.48. The second kappa shape index (κ2) is 13.6. The van der Waals surface area contributed by atoms with E-state index < -0.39 is 22.2 Å². The minimum Gasteiger partial charge on any atom is -0.497 e. The van der Waals surface area contributed by atoms with Gasteiger partial charge in [0, 0.05) is 39.0 Å². The van der Waals surface area contributed by atoms with E-state index in [1.807, 2.05) is 30.3 Å². The van der Waals surface area contributed by atoms with Crippen LogP contribution >= 0.6 is 0 Å². The van der Waals surface area contributed by atoms with Gasteiger partial charge in [-0.3, -0.25) is 9.59 Å². The van der Waals surface area contributed by atoms with Gasteiger partial charge < -0.3 is 20.5 Å². The minimum absolute atomic E-state index is 0.0257. The van der Waals surface area contributed by atoms with E-state index in [1.54, 1.807) is 12.1 Å². The Morgan fingerprint density at radius 1 is 1.08 bits per heavy atom. The molecule has 0 heterocycles. The average Bonchev–Trinajstić information content (AvgIpc) is 3.73. The van der Waals surface area contributed by atoms with Gasteiger partial charge in [0.05, 0.1) is 24.2 Å². The standard InChI is InChI=1S/C27H37N3O6S/c1-28-26(32)15-16-27(33)29-24(14-13-20-7-4-3-5-8-20)25(31)19-30(18-21-11-12-21)37(34,35)23-10-6-9-22(17-23)36-2/h3-10,17,21,24-25,31H,11-16,18-19H2,1-2H3,(H,28,32)(H,29,33)/t24-,25+/m0/s1. The molecule has 0 aliphatic heterocycles. The number of rotatable bonds is 15. The summed E-state index contributed by atoms with van der Waals surface area (Å²) < 4.78 is 33.6. The van der Waals surface area contributed by atoms with Gasteiger partial charge in [-0.15, -0.1) is 0 Å². The average molecular weight is 532 g/mol. The largest absolute Gasteiger partial charge is 0.497 e. The first-order valence-corrected chi connectivity index (χ1v) is 14.0. The summed E-state index contributed by atoms with van der Waals surface area (Å²) in [7, 11) is -0.932. The third kappa shape index (κ3) is 8.84. The van der Waals surface area contributed by atoms with Crippen molar-refractivity contribution >= 4 is 21.8 Å². The molecule has 1 aliphatic rings. The Hall–Kier alpha value is -2.95. The molecule has 2 aromatic rings. The number of aliphatic hydroxyl groups is 1. The highest BCUT2D eigenvalue weighted by atomic mass is 32.2. The third-order valence-corrected chi connectivity index (χ3v) is 8.31. The van der Waals surface area contributed by atoms with Crippen LogP contribution in [-0.2, 0) is 26.0 Å². The fourth-order valence-electron chi connectivity index (χ4n) is 4.06. The number of benzene rings is 2. The normalized spacial score (nSPS) is 15.1. The summed E-state index contributed by atoms with van der Waals surface area (Å²) >= 11 is 0. The first-order valence-electron chi connectivity index (χ1n) is 12.6. The maximum atomic E-state index is 13.6. The molecule has 3 rings (SSSR count). The quantitative estimate of drug-likeness (QED) is 0.323. The molecule has 2 amide bonds. The summed E-state index contributed by atoms with van der Waals surface area (Å²) in [5.41, 5.74) is 1.04. The second-order valence-corrected chi connectivity index (χ2v) is 11.3. The molecule has 0 aromatic heterocycles. The van der Waals surface area contributed by atoms with Crippen molar-refractivity contribution in [3.8, 4) is 5.75 Å². The Labute approximate surface area is 219 Å². The number of nitrogens with zero attached hydrogens (tertiary/aromatic N) is 1. The number of nitrogens with one attached hydrogen (secondary N) is 2. The van der Waals surface area contributed by atoms with Crippen LogP contribution in [-0.4, -0.2) is 69.0 Å². The van der Waals surface area contributed by atoms with Gasteiger partial charge in [0.2, 0.25) is 21.8 Å². The fraction of sp³-hybridized carbons (Fsp3) is 0.481. The smallest absolute Gasteiger partial charge is 0.243 e. The zero-order chi connectivity index (χ0) is 26.8. The molecular weight excluding hydrogens is 494 g/mol. The Balaban J connectivity index is 1.77. The molecule has 2 atom stereocenters. The van der Waals surface area contributed by atoms with Gasteiger partial charge in [0.25, 0.3) is 0 Å². The number of amides is 2. The van der Waals surface area contributed by atoms with E-state index >= 15 is 0 Å². The lowest BCUT2D eigenvalue weighted by Crippen LogP contribution is -2.50. The Kier molecular flexibility index (Phi) is 10.5. The maximum absolute atomic E-state index is 13.6. The van der Waals surface area contributed by atoms with E-state index in [9.17, 15) is 23.1 Å². The van der Waals surface area contributed by atoms with E-state index in [-0.39, 0.29) is 42.0 Å². The van der Waals surface area contributed by atoms with Crippen LogP contribution in [0.1, 0.15) is 37.7 Å². The molecule has 10 heteroatoms. The van der Waals surface area contributed by atoms with Crippen LogP contribution in [0.5, 0.6) is 5.75 Å². The summed E-state index contributed by atoms with van der Waals surface area (Å²) in [5, 5.41) is 16.6. The lowest BCUT2D eigenvalue weighted by molar-refractivity contribution is -0.127. The van der Waals surface area contributed by atoms with E-state index in [0.717, 1.165) is 18.4 Å². The van der Waals surface area contributed by atoms with E-state index in [2.05, 4.69) is 10.6 Å². The van der Waals surface area contributed by atoms with Crippen LogP contribution in [0.3, 0.4) is 0 Å². The van der Waals surface area contributed by atoms with Crippen LogP contribution in [0, 0.1) is 5.92 Å². The summed E-state index contributed by atoms with van der Waals surface area (Å²) in [5.74, 6) is 0.0521. The zero-order valence-corrected chi connectivity index (χ0v) is 22.2. The van der Waals surface area contributed by atoms with Gasteiger partial charge in [-0.05, 0) is 49.3 Å². The van der Waals surface area contributed by atoms with Crippen molar-refractivity contribution in [2.24, 2.45) is 5.92 Å². The lowest BCUT2D eigenvalue weighted by Gasteiger charge is -2.30. The number of hydrogen-bond acceptors (Lipinski definition) is 6. The molecule has 9 nitrogen and oxygen atoms in total. The molecular formula is C27H37N3O6S. The number of sulfonamides is 1. The molecule has 0 saturated heterocycles. The van der Waals surface area contributed by atoms with Crippen LogP contribution in [0.4, 0.5) is 0 Å². The molecule has 0 unspecified atom stereocenters. The van der Waals surface area contributed by atoms with Gasteiger partial charge in [-0.25, -0.2) is 8.42 Å². The molecule has 37 heavy (non-hydrogen) atoms. The SMILES string of the molecule is CNC(=O)CCC(=O)N[C@@H](CCc1ccccc1)[C@H](O)CN(CC1CC1)S(=O)(=O)c1cccc(OC)c1. The maximum Gasteiger partial charge on any atom is 0.243 e. The number of carbonyl (C=O) groups excluding carboxylic acids is 2. The lowest BCUT2D eigenvalue weighted by atomic mass is 10.0. The molecule has 1 aliphatic carbocycles. The number of aliphatic hydroxyl groups excluding tert-OH is 1. The highest BCUT2D eigenvalue weighted by Gasteiger charge is 2.35. The van der Waals surface area contributed by atoms with Gasteiger partial charge in [-0.2, -0.15) is 4.31 Å². The number of carbonyl (C=O) groups is 2. The number of ether oxygens (including phenoxy) is 1. The molecule has 0 spiro atoms. The first-order chi connectivity index (χ1) is 17.7. The van der Waals surface area contributed by atoms with Gasteiger partial charge >= 0.3 is 0 Å². The van der Waals surface area contributed by atoms with Crippen molar-refractivity contribution in [3.63, 3.8) is 0 Å². The van der Waals surface area contributed by atoms with E-state index in [1.165, 1.54) is 30.6 Å². The highest BCUT2D eigenvalue weighted by molar-refractivity contribution is 7.89. The van der Waals surface area contributed by atoms with Crippen LogP contribution in [0.15, 0.2) is 59.5 Å². The van der Waals surface area contributed by atoms with Crippen molar-refractivity contribution < 1.29 is 27.9 Å². The molecule has 202 valence electrons. The molecule has 3 N–H and O–H groups in total. The summed E-state index contributed by atoms with van der Waals surface area (Å²) in [6, 6.07) is 15.2. The Bertz CT molecular complexity index is 1140. The van der Waals surface area contributed by atoms with Crippen molar-refractivity contribution in [1.29, 1.82) is 0 Å². The molecule has 1 saturated carbocycles. The first kappa shape index (κ1) is 28.6. The molecule has 0 bridgehead atoms. The van der Waals surface area contributed by atoms with Crippen LogP contribution < -0.4 is 15.4 Å². The Morgan fingerprint density at radius 3 is 2.43 bits per heavy atom. The van der Waals surface area contributed by atoms with Crippen molar-refractivity contribution in [3.05, 3.63) is 60.2 Å². The summed E-state index contributed by atoms with van der Waals surface area (Å²) in [6.45, 7) is 0.137. The van der Waals surface area contributed by atoms with Crippen LogP contribution in [0.2, 0.25) is 0 Å². The predicted molar refractivity (Wildman–Crippen MR) is 140 cm³/mol. The number of aryl methyl sites for hydroxylation is 1. The predicted octanol–water partition coefficient (Wildman–Crippen LogP) is 2.10. The van der Waals surface area contributed by atoms with Gasteiger partial charge in [-0.1, -0.05) is 36.4 Å². The number of methoxy groups -OCH3 is 1. The zero-order valence-electron chi connectivity index (χ0n) is 21.4. The minimum atomic E-state index is -3.91. The molecule has 0 radical (unpaired) electrons. The van der Waals surface area contributed by atoms with Crippen molar-refractivity contribution in [2.75, 3.05) is 27.2 Å². The summed E-state index contributed by atoms with van der Waals surface area (Å²) in [6.07, 6.45) is 1.73. The van der Waals surface area contributed by atoms with E-state index in [0.29, 0.717) is 25.1 Å². The van der Waals surface area contributed by atoms with Crippen LogP contribution in [0.25, 0.3) is 0 Å². The fourth-order valence-corrected chi connectivity index (χ4v) is 5.63. The van der Waals surface area contributed by atoms with Gasteiger partial charge in [0.15, 0.2) is 0 Å². The molecule has 1 fully saturated rings. The second-order valence-electron chi connectivity index (χ2n) is 9.38. The van der Waals surface area contributed by atoms with Crippen molar-refractivity contribution in [2.45, 2.75) is 55.6 Å². The van der Waals surface area contributed by atoms with E-state index in [4.69, 9.17) is 4.74 Å². The molecule has 2 aromatic carbocycles. The highest BCUT2D eigenvalue weighted by Crippen LogP contribution is 2.32.